The monoisotopic (exact) mass is 309 g/mol. The van der Waals surface area contributed by atoms with Gasteiger partial charge in [0.05, 0.1) is 22.4 Å². The van der Waals surface area contributed by atoms with Gasteiger partial charge in [-0.15, -0.1) is 0 Å². The van der Waals surface area contributed by atoms with E-state index in [9.17, 15) is 0 Å². The molecule has 0 saturated carbocycles. The van der Waals surface area contributed by atoms with Crippen LogP contribution in [-0.2, 0) is 19.5 Å². The van der Waals surface area contributed by atoms with Gasteiger partial charge in [0.2, 0.25) is 0 Å². The van der Waals surface area contributed by atoms with E-state index in [1.54, 1.807) is 0 Å². The van der Waals surface area contributed by atoms with Crippen LogP contribution in [0.2, 0.25) is 0 Å². The van der Waals surface area contributed by atoms with E-state index < -0.39 is 0 Å². The predicted molar refractivity (Wildman–Crippen MR) is 78.0 cm³/mol. The van der Waals surface area contributed by atoms with Crippen LogP contribution >= 0.6 is 15.9 Å². The van der Waals surface area contributed by atoms with Crippen molar-refractivity contribution in [2.45, 2.75) is 47.2 Å². The van der Waals surface area contributed by atoms with E-state index in [-0.39, 0.29) is 0 Å². The topological polar surface area (TPSA) is 22.8 Å². The molecule has 0 bridgehead atoms. The zero-order valence-corrected chi connectivity index (χ0v) is 13.1. The molecule has 0 fully saturated rings. The highest BCUT2D eigenvalue weighted by Gasteiger charge is 2.14. The molecule has 4 heteroatoms. The van der Waals surface area contributed by atoms with Crippen molar-refractivity contribution in [2.75, 3.05) is 0 Å². The minimum atomic E-state index is 0.871. The van der Waals surface area contributed by atoms with Gasteiger partial charge in [0, 0.05) is 18.9 Å². The summed E-state index contributed by atoms with van der Waals surface area (Å²) in [6.45, 7) is 10.4. The molecule has 0 N–H and O–H groups in total. The summed E-state index contributed by atoms with van der Waals surface area (Å²) in [7, 11) is 0. The van der Waals surface area contributed by atoms with Gasteiger partial charge in [0.15, 0.2) is 0 Å². The fourth-order valence-corrected chi connectivity index (χ4v) is 2.86. The van der Waals surface area contributed by atoms with Gasteiger partial charge in [-0.25, -0.2) is 0 Å². The van der Waals surface area contributed by atoms with E-state index in [1.165, 1.54) is 16.8 Å². The maximum absolute atomic E-state index is 4.63. The van der Waals surface area contributed by atoms with Gasteiger partial charge in [-0.2, -0.15) is 5.10 Å². The van der Waals surface area contributed by atoms with Crippen LogP contribution in [0.4, 0.5) is 0 Å². The zero-order valence-electron chi connectivity index (χ0n) is 11.5. The molecule has 2 aromatic heterocycles. The SMILES string of the molecule is CCc1nn(CC)c(Cn2cc(C)c(C)c2)c1Br. The molecule has 0 aromatic carbocycles. The molecule has 0 unspecified atom stereocenters. The minimum absolute atomic E-state index is 0.871. The molecular formula is C14H20BrN3. The van der Waals surface area contributed by atoms with Crippen LogP contribution in [0, 0.1) is 13.8 Å². The van der Waals surface area contributed by atoms with Crippen LogP contribution in [-0.4, -0.2) is 14.3 Å². The molecule has 0 amide bonds. The third kappa shape index (κ3) is 2.39. The Morgan fingerprint density at radius 3 is 2.28 bits per heavy atom. The maximum atomic E-state index is 4.63. The quantitative estimate of drug-likeness (QED) is 0.844. The van der Waals surface area contributed by atoms with Crippen LogP contribution in [0.3, 0.4) is 0 Å². The normalized spacial score (nSPS) is 11.2. The second kappa shape index (κ2) is 5.31. The molecule has 0 aliphatic carbocycles. The molecule has 0 aliphatic rings. The Morgan fingerprint density at radius 1 is 1.17 bits per heavy atom. The average molecular weight is 310 g/mol. The molecule has 2 aromatic rings. The molecule has 0 radical (unpaired) electrons. The maximum Gasteiger partial charge on any atom is 0.0767 e. The Hall–Kier alpha value is -1.03. The van der Waals surface area contributed by atoms with Crippen LogP contribution in [0.5, 0.6) is 0 Å². The Morgan fingerprint density at radius 2 is 1.78 bits per heavy atom. The fraction of sp³-hybridized carbons (Fsp3) is 0.500. The summed E-state index contributed by atoms with van der Waals surface area (Å²) in [5.74, 6) is 0. The van der Waals surface area contributed by atoms with Gasteiger partial charge in [0.1, 0.15) is 0 Å². The summed E-state index contributed by atoms with van der Waals surface area (Å²) in [6, 6.07) is 0. The lowest BCUT2D eigenvalue weighted by atomic mass is 10.2. The minimum Gasteiger partial charge on any atom is -0.348 e. The molecule has 3 nitrogen and oxygen atoms in total. The molecule has 98 valence electrons. The van der Waals surface area contributed by atoms with Crippen molar-refractivity contribution in [1.29, 1.82) is 0 Å². The second-order valence-electron chi connectivity index (χ2n) is 4.67. The highest BCUT2D eigenvalue weighted by molar-refractivity contribution is 9.10. The van der Waals surface area contributed by atoms with Gasteiger partial charge in [-0.3, -0.25) is 4.68 Å². The average Bonchev–Trinajstić information content (AvgIpc) is 2.82. The van der Waals surface area contributed by atoms with Crippen molar-refractivity contribution in [2.24, 2.45) is 0 Å². The first kappa shape index (κ1) is 13.4. The lowest BCUT2D eigenvalue weighted by Gasteiger charge is -2.06. The van der Waals surface area contributed by atoms with Crippen LogP contribution < -0.4 is 0 Å². The van der Waals surface area contributed by atoms with Crippen molar-refractivity contribution in [3.05, 3.63) is 39.4 Å². The first-order valence-electron chi connectivity index (χ1n) is 6.43. The highest BCUT2D eigenvalue weighted by Crippen LogP contribution is 2.23. The summed E-state index contributed by atoms with van der Waals surface area (Å²) >= 11 is 3.69. The van der Waals surface area contributed by atoms with Crippen molar-refractivity contribution in [3.63, 3.8) is 0 Å². The van der Waals surface area contributed by atoms with Gasteiger partial charge < -0.3 is 4.57 Å². The van der Waals surface area contributed by atoms with E-state index in [2.05, 4.69) is 70.4 Å². The number of aromatic nitrogens is 3. The number of rotatable bonds is 4. The van der Waals surface area contributed by atoms with Gasteiger partial charge in [0.25, 0.3) is 0 Å². The largest absolute Gasteiger partial charge is 0.348 e. The van der Waals surface area contributed by atoms with Crippen LogP contribution in [0.25, 0.3) is 0 Å². The van der Waals surface area contributed by atoms with Crippen LogP contribution in [0.1, 0.15) is 36.4 Å². The molecule has 0 atom stereocenters. The highest BCUT2D eigenvalue weighted by atomic mass is 79.9. The van der Waals surface area contributed by atoms with E-state index in [0.29, 0.717) is 0 Å². The number of halogens is 1. The fourth-order valence-electron chi connectivity index (χ4n) is 2.17. The number of aryl methyl sites for hydroxylation is 4. The molecule has 0 saturated heterocycles. The molecule has 18 heavy (non-hydrogen) atoms. The third-order valence-electron chi connectivity index (χ3n) is 3.37. The molecule has 2 rings (SSSR count). The number of hydrogen-bond acceptors (Lipinski definition) is 1. The first-order valence-corrected chi connectivity index (χ1v) is 7.23. The number of hydrogen-bond donors (Lipinski definition) is 0. The summed E-state index contributed by atoms with van der Waals surface area (Å²) in [4.78, 5) is 0. The van der Waals surface area contributed by atoms with E-state index in [1.807, 2.05) is 0 Å². The van der Waals surface area contributed by atoms with E-state index in [4.69, 9.17) is 0 Å². The lowest BCUT2D eigenvalue weighted by Crippen LogP contribution is -2.07. The molecule has 0 spiro atoms. The summed E-state index contributed by atoms with van der Waals surface area (Å²) in [5.41, 5.74) is 5.07. The van der Waals surface area contributed by atoms with Crippen molar-refractivity contribution < 1.29 is 0 Å². The molecular weight excluding hydrogens is 290 g/mol. The Balaban J connectivity index is 2.35. The summed E-state index contributed by atoms with van der Waals surface area (Å²) in [5, 5.41) is 4.63. The molecule has 2 heterocycles. The van der Waals surface area contributed by atoms with E-state index in [0.717, 1.165) is 29.7 Å². The zero-order chi connectivity index (χ0) is 13.3. The van der Waals surface area contributed by atoms with E-state index >= 15 is 0 Å². The van der Waals surface area contributed by atoms with Gasteiger partial charge in [-0.1, -0.05) is 6.92 Å². The predicted octanol–water partition coefficient (Wildman–Crippen LogP) is 3.69. The second-order valence-corrected chi connectivity index (χ2v) is 5.47. The number of nitrogens with zero attached hydrogens (tertiary/aromatic N) is 3. The summed E-state index contributed by atoms with van der Waals surface area (Å²) in [6.07, 6.45) is 5.35. The van der Waals surface area contributed by atoms with Crippen molar-refractivity contribution in [3.8, 4) is 0 Å². The Bertz CT molecular complexity index is 532. The van der Waals surface area contributed by atoms with Crippen molar-refractivity contribution >= 4 is 15.9 Å². The first-order chi connectivity index (χ1) is 8.56. The smallest absolute Gasteiger partial charge is 0.0767 e. The van der Waals surface area contributed by atoms with Crippen LogP contribution in [0.15, 0.2) is 16.9 Å². The summed E-state index contributed by atoms with van der Waals surface area (Å²) < 4.78 is 5.49. The van der Waals surface area contributed by atoms with Gasteiger partial charge in [-0.05, 0) is 54.2 Å². The third-order valence-corrected chi connectivity index (χ3v) is 4.28. The standard InChI is InChI=1S/C14H20BrN3/c1-5-12-14(15)13(18(6-2)16-12)9-17-7-10(3)11(4)8-17/h7-8H,5-6,9H2,1-4H3. The molecule has 0 aliphatic heterocycles. The lowest BCUT2D eigenvalue weighted by molar-refractivity contribution is 0.594. The Kier molecular flexibility index (Phi) is 3.95. The van der Waals surface area contributed by atoms with Crippen molar-refractivity contribution in [1.82, 2.24) is 14.3 Å². The Labute approximate surface area is 117 Å². The van der Waals surface area contributed by atoms with Gasteiger partial charge >= 0.3 is 0 Å².